The molecule has 1 saturated carbocycles. The van der Waals surface area contributed by atoms with Crippen LogP contribution in [0.1, 0.15) is 26.7 Å². The fourth-order valence-electron chi connectivity index (χ4n) is 1.63. The Bertz CT molecular complexity index is 328. The highest BCUT2D eigenvalue weighted by Gasteiger charge is 2.25. The Balaban J connectivity index is 1.84. The molecule has 0 atom stereocenters. The number of hydrogen-bond acceptors (Lipinski definition) is 2. The van der Waals surface area contributed by atoms with Gasteiger partial charge < -0.3 is 5.32 Å². The fraction of sp³-hybridized carbons (Fsp3) is 0.727. The molecule has 0 unspecified atom stereocenters. The lowest BCUT2D eigenvalue weighted by Gasteiger charge is -2.25. The molecular formula is C11H18BrN3. The maximum absolute atomic E-state index is 4.29. The molecule has 1 aliphatic rings. The van der Waals surface area contributed by atoms with Crippen LogP contribution in [0.2, 0.25) is 0 Å². The number of aromatic nitrogens is 2. The van der Waals surface area contributed by atoms with Crippen molar-refractivity contribution in [1.29, 1.82) is 0 Å². The number of nitrogens with one attached hydrogen (secondary N) is 1. The van der Waals surface area contributed by atoms with Gasteiger partial charge in [0, 0.05) is 25.3 Å². The summed E-state index contributed by atoms with van der Waals surface area (Å²) in [7, 11) is 0. The van der Waals surface area contributed by atoms with E-state index in [2.05, 4.69) is 40.2 Å². The molecule has 15 heavy (non-hydrogen) atoms. The lowest BCUT2D eigenvalue weighted by Crippen LogP contribution is -2.34. The average Bonchev–Trinajstić information content (AvgIpc) is 2.88. The summed E-state index contributed by atoms with van der Waals surface area (Å²) in [6, 6.07) is 0.786. The Kier molecular flexibility index (Phi) is 3.16. The van der Waals surface area contributed by atoms with Crippen LogP contribution in [0.5, 0.6) is 0 Å². The van der Waals surface area contributed by atoms with Gasteiger partial charge in [-0.2, -0.15) is 5.10 Å². The van der Waals surface area contributed by atoms with Crippen molar-refractivity contribution in [3.05, 3.63) is 16.9 Å². The summed E-state index contributed by atoms with van der Waals surface area (Å²) in [6.07, 6.45) is 6.57. The molecule has 0 aliphatic heterocycles. The predicted molar refractivity (Wildman–Crippen MR) is 64.7 cm³/mol. The van der Waals surface area contributed by atoms with Gasteiger partial charge in [0.1, 0.15) is 0 Å². The van der Waals surface area contributed by atoms with Crippen LogP contribution in [0.3, 0.4) is 0 Å². The molecule has 1 N–H and O–H groups in total. The topological polar surface area (TPSA) is 29.9 Å². The molecular weight excluding hydrogens is 254 g/mol. The van der Waals surface area contributed by atoms with E-state index >= 15 is 0 Å². The first-order valence-electron chi connectivity index (χ1n) is 5.46. The molecule has 1 aromatic rings. The summed E-state index contributed by atoms with van der Waals surface area (Å²) in [6.45, 7) is 6.57. The second-order valence-electron chi connectivity index (χ2n) is 5.18. The van der Waals surface area contributed by atoms with E-state index in [1.807, 2.05) is 17.1 Å². The first kappa shape index (κ1) is 11.1. The first-order chi connectivity index (χ1) is 7.05. The molecule has 1 aliphatic carbocycles. The van der Waals surface area contributed by atoms with E-state index in [1.54, 1.807) is 0 Å². The van der Waals surface area contributed by atoms with Crippen molar-refractivity contribution in [3.8, 4) is 0 Å². The highest BCUT2D eigenvalue weighted by atomic mass is 79.9. The Morgan fingerprint density at radius 1 is 1.60 bits per heavy atom. The summed E-state index contributed by atoms with van der Waals surface area (Å²) in [5.41, 5.74) is 0.258. The van der Waals surface area contributed by atoms with Crippen molar-refractivity contribution >= 4 is 15.9 Å². The van der Waals surface area contributed by atoms with Crippen LogP contribution in [-0.4, -0.2) is 22.4 Å². The maximum atomic E-state index is 4.29. The predicted octanol–water partition coefficient (Wildman–Crippen LogP) is 2.42. The van der Waals surface area contributed by atoms with Gasteiger partial charge in [0.25, 0.3) is 0 Å². The number of hydrogen-bond donors (Lipinski definition) is 1. The van der Waals surface area contributed by atoms with E-state index in [1.165, 1.54) is 12.8 Å². The summed E-state index contributed by atoms with van der Waals surface area (Å²) in [5, 5.41) is 7.86. The number of rotatable bonds is 5. The largest absolute Gasteiger partial charge is 0.313 e. The zero-order chi connectivity index (χ0) is 10.9. The van der Waals surface area contributed by atoms with Crippen molar-refractivity contribution < 1.29 is 0 Å². The van der Waals surface area contributed by atoms with Crippen LogP contribution < -0.4 is 5.32 Å². The monoisotopic (exact) mass is 271 g/mol. The number of halogens is 1. The van der Waals surface area contributed by atoms with Crippen LogP contribution in [0.15, 0.2) is 16.9 Å². The summed E-state index contributed by atoms with van der Waals surface area (Å²) in [5.74, 6) is 0. The smallest absolute Gasteiger partial charge is 0.0632 e. The van der Waals surface area contributed by atoms with Gasteiger partial charge in [-0.15, -0.1) is 0 Å². The van der Waals surface area contributed by atoms with Crippen LogP contribution >= 0.6 is 15.9 Å². The van der Waals surface area contributed by atoms with E-state index in [0.29, 0.717) is 0 Å². The molecule has 1 heterocycles. The van der Waals surface area contributed by atoms with Gasteiger partial charge in [-0.1, -0.05) is 13.8 Å². The minimum atomic E-state index is 0.258. The Hall–Kier alpha value is -0.350. The van der Waals surface area contributed by atoms with Crippen LogP contribution in [0.4, 0.5) is 0 Å². The summed E-state index contributed by atoms with van der Waals surface area (Å²) >= 11 is 3.41. The lowest BCUT2D eigenvalue weighted by molar-refractivity contribution is 0.275. The third kappa shape index (κ3) is 3.61. The molecule has 3 nitrogen and oxygen atoms in total. The zero-order valence-corrected chi connectivity index (χ0v) is 10.9. The van der Waals surface area contributed by atoms with Crippen LogP contribution in [0.25, 0.3) is 0 Å². The third-order valence-electron chi connectivity index (χ3n) is 2.64. The molecule has 0 saturated heterocycles. The van der Waals surface area contributed by atoms with Gasteiger partial charge in [-0.3, -0.25) is 4.68 Å². The van der Waals surface area contributed by atoms with E-state index in [4.69, 9.17) is 0 Å². The highest BCUT2D eigenvalue weighted by molar-refractivity contribution is 9.10. The van der Waals surface area contributed by atoms with E-state index in [0.717, 1.165) is 23.6 Å². The highest BCUT2D eigenvalue weighted by Crippen LogP contribution is 2.23. The van der Waals surface area contributed by atoms with Crippen molar-refractivity contribution in [2.45, 2.75) is 39.3 Å². The van der Waals surface area contributed by atoms with Gasteiger partial charge in [-0.05, 0) is 34.2 Å². The minimum absolute atomic E-state index is 0.258. The molecule has 84 valence electrons. The SMILES string of the molecule is CC(C)(CNC1CC1)Cn1cc(Br)cn1. The Labute approximate surface area is 99.4 Å². The molecule has 1 aromatic heterocycles. The molecule has 0 spiro atoms. The maximum Gasteiger partial charge on any atom is 0.0632 e. The summed E-state index contributed by atoms with van der Waals surface area (Å²) in [4.78, 5) is 0. The van der Waals surface area contributed by atoms with Crippen molar-refractivity contribution in [2.24, 2.45) is 5.41 Å². The standard InChI is InChI=1S/C11H18BrN3/c1-11(2,7-13-10-3-4-10)8-15-6-9(12)5-14-15/h5-6,10,13H,3-4,7-8H2,1-2H3. The fourth-order valence-corrected chi connectivity index (χ4v) is 1.96. The zero-order valence-electron chi connectivity index (χ0n) is 9.33. The molecule has 1 fully saturated rings. The van der Waals surface area contributed by atoms with Gasteiger partial charge in [0.2, 0.25) is 0 Å². The first-order valence-corrected chi connectivity index (χ1v) is 6.26. The van der Waals surface area contributed by atoms with Gasteiger partial charge in [-0.25, -0.2) is 0 Å². The van der Waals surface area contributed by atoms with Gasteiger partial charge in [0.05, 0.1) is 10.7 Å². The Morgan fingerprint density at radius 3 is 2.87 bits per heavy atom. The molecule has 0 amide bonds. The summed E-state index contributed by atoms with van der Waals surface area (Å²) < 4.78 is 3.05. The number of nitrogens with zero attached hydrogens (tertiary/aromatic N) is 2. The normalized spacial score (nSPS) is 17.0. The molecule has 0 radical (unpaired) electrons. The Morgan fingerprint density at radius 2 is 2.33 bits per heavy atom. The second-order valence-corrected chi connectivity index (χ2v) is 6.09. The van der Waals surface area contributed by atoms with Gasteiger partial charge >= 0.3 is 0 Å². The van der Waals surface area contributed by atoms with Crippen LogP contribution in [-0.2, 0) is 6.54 Å². The molecule has 4 heteroatoms. The van der Waals surface area contributed by atoms with E-state index < -0.39 is 0 Å². The molecule has 2 rings (SSSR count). The third-order valence-corrected chi connectivity index (χ3v) is 3.05. The van der Waals surface area contributed by atoms with Crippen molar-refractivity contribution in [2.75, 3.05) is 6.54 Å². The van der Waals surface area contributed by atoms with E-state index in [-0.39, 0.29) is 5.41 Å². The second kappa shape index (κ2) is 4.26. The van der Waals surface area contributed by atoms with E-state index in [9.17, 15) is 0 Å². The minimum Gasteiger partial charge on any atom is -0.313 e. The quantitative estimate of drug-likeness (QED) is 0.892. The lowest BCUT2D eigenvalue weighted by atomic mass is 9.93. The van der Waals surface area contributed by atoms with Crippen molar-refractivity contribution in [3.63, 3.8) is 0 Å². The van der Waals surface area contributed by atoms with Gasteiger partial charge in [0.15, 0.2) is 0 Å². The molecule has 0 bridgehead atoms. The molecule has 0 aromatic carbocycles. The average molecular weight is 272 g/mol. The van der Waals surface area contributed by atoms with Crippen LogP contribution in [0, 0.1) is 5.41 Å². The van der Waals surface area contributed by atoms with Crippen molar-refractivity contribution in [1.82, 2.24) is 15.1 Å².